The maximum atomic E-state index is 12.2. The average molecular weight is 703 g/mol. The number of carbonyl (C=O) groups excluding carboxylic acids is 2. The van der Waals surface area contributed by atoms with Crippen molar-refractivity contribution in [1.29, 1.82) is 0 Å². The van der Waals surface area contributed by atoms with Gasteiger partial charge in [-0.15, -0.1) is 11.8 Å². The van der Waals surface area contributed by atoms with Crippen LogP contribution in [0.3, 0.4) is 0 Å². The van der Waals surface area contributed by atoms with Crippen molar-refractivity contribution >= 4 is 51.5 Å². The van der Waals surface area contributed by atoms with Crippen LogP contribution in [0.1, 0.15) is 24.4 Å². The van der Waals surface area contributed by atoms with Crippen molar-refractivity contribution in [2.75, 3.05) is 49.4 Å². The number of nitrogen functional groups attached to an aromatic ring is 1. The molecule has 19 nitrogen and oxygen atoms in total. The number of aromatic amines is 1. The molecular formula is C24H30N8O11S3. The van der Waals surface area contributed by atoms with Gasteiger partial charge in [0.2, 0.25) is 0 Å². The van der Waals surface area contributed by atoms with Crippen molar-refractivity contribution in [3.8, 4) is 0 Å². The Kier molecular flexibility index (Phi) is 13.1. The third-order valence-electron chi connectivity index (χ3n) is 6.31. The second-order valence-electron chi connectivity index (χ2n) is 9.47. The number of thioether (sulfide) groups is 1. The summed E-state index contributed by atoms with van der Waals surface area (Å²) in [5.41, 5.74) is 12.5. The van der Waals surface area contributed by atoms with E-state index in [0.29, 0.717) is 22.8 Å². The average Bonchev–Trinajstić information content (AvgIpc) is 3.65. The van der Waals surface area contributed by atoms with E-state index in [1.54, 1.807) is 0 Å². The molecule has 0 aromatic carbocycles. The number of hydrogen-bond acceptors (Lipinski definition) is 17. The molecule has 4 heterocycles. The minimum absolute atomic E-state index is 0.0397. The van der Waals surface area contributed by atoms with E-state index in [0.717, 1.165) is 0 Å². The minimum atomic E-state index is -0.951. The molecule has 0 radical (unpaired) electrons. The predicted molar refractivity (Wildman–Crippen MR) is 166 cm³/mol. The highest BCUT2D eigenvalue weighted by atomic mass is 33.1. The Morgan fingerprint density at radius 3 is 2.48 bits per heavy atom. The standard InChI is InChI=1S/C24H30N8O11S3/c1-13-9-32(22(35)28-20(13)33)17-8-14(29-30-26)15(42-17)10-40-23(36)38-4-6-45-46-7-5-39-24(37)41-11-19-43-18(12-44-19)31-3-2-16(25)27-21(31)34/h2-3,9,14-15,17-19H,4-8,10-12H2,1H3,(H2,25,27,34)(H,28,33,35). The van der Waals surface area contributed by atoms with Crippen molar-refractivity contribution < 1.29 is 38.0 Å². The Bertz CT molecular complexity index is 1600. The number of hydrogen-bond donors (Lipinski definition) is 2. The molecule has 2 aromatic heterocycles. The first-order chi connectivity index (χ1) is 22.1. The van der Waals surface area contributed by atoms with Crippen LogP contribution in [-0.2, 0) is 28.4 Å². The van der Waals surface area contributed by atoms with Crippen LogP contribution < -0.4 is 22.7 Å². The number of ether oxygens (including phenoxy) is 6. The van der Waals surface area contributed by atoms with Gasteiger partial charge in [-0.05, 0) is 18.5 Å². The number of rotatable bonds is 14. The summed E-state index contributed by atoms with van der Waals surface area (Å²) in [4.78, 5) is 68.3. The summed E-state index contributed by atoms with van der Waals surface area (Å²) in [5.74, 6) is 1.46. The maximum absolute atomic E-state index is 12.2. The van der Waals surface area contributed by atoms with E-state index >= 15 is 0 Å². The van der Waals surface area contributed by atoms with Gasteiger partial charge in [0.25, 0.3) is 5.56 Å². The van der Waals surface area contributed by atoms with Gasteiger partial charge in [-0.1, -0.05) is 26.7 Å². The van der Waals surface area contributed by atoms with E-state index in [-0.39, 0.29) is 38.7 Å². The van der Waals surface area contributed by atoms with Crippen LogP contribution in [0.25, 0.3) is 10.4 Å². The van der Waals surface area contributed by atoms with E-state index in [9.17, 15) is 24.0 Å². The Hall–Kier alpha value is -3.82. The molecule has 2 aliphatic heterocycles. The van der Waals surface area contributed by atoms with Crippen molar-refractivity contribution in [3.05, 3.63) is 65.8 Å². The SMILES string of the molecule is Cc1cn(C2CC(N=[N+]=[N-])C(COC(=O)OCCSSCCOC(=O)OCC3OC(n4ccc(N)nc4=O)CS3)O2)c(=O)[nH]c1=O. The second kappa shape index (κ2) is 17.2. The molecule has 0 amide bonds. The lowest BCUT2D eigenvalue weighted by molar-refractivity contribution is -0.0415. The number of nitrogens with one attached hydrogen (secondary N) is 1. The highest BCUT2D eigenvalue weighted by Crippen LogP contribution is 2.32. The van der Waals surface area contributed by atoms with E-state index in [4.69, 9.17) is 39.7 Å². The molecule has 0 bridgehead atoms. The largest absolute Gasteiger partial charge is 0.508 e. The number of azide groups is 1. The summed E-state index contributed by atoms with van der Waals surface area (Å²) < 4.78 is 34.2. The molecule has 5 atom stereocenters. The molecule has 0 saturated carbocycles. The normalized spacial score (nSPS) is 22.2. The zero-order chi connectivity index (χ0) is 33.1. The van der Waals surface area contributed by atoms with Crippen LogP contribution in [0.2, 0.25) is 0 Å². The van der Waals surface area contributed by atoms with Gasteiger partial charge in [0.15, 0.2) is 0 Å². The smallest absolute Gasteiger partial charge is 0.433 e. The molecular weight excluding hydrogens is 673 g/mol. The van der Waals surface area contributed by atoms with Crippen LogP contribution in [-0.4, -0.2) is 92.7 Å². The number of aromatic nitrogens is 4. The third-order valence-corrected chi connectivity index (χ3v) is 9.74. The monoisotopic (exact) mass is 702 g/mol. The fourth-order valence-electron chi connectivity index (χ4n) is 4.15. The number of nitrogens with two attached hydrogens (primary N) is 1. The molecule has 2 fully saturated rings. The molecule has 2 aliphatic rings. The van der Waals surface area contributed by atoms with Crippen molar-refractivity contribution in [2.24, 2.45) is 5.11 Å². The summed E-state index contributed by atoms with van der Waals surface area (Å²) in [7, 11) is 2.77. The van der Waals surface area contributed by atoms with Crippen LogP contribution in [0, 0.1) is 6.92 Å². The van der Waals surface area contributed by atoms with E-state index in [2.05, 4.69) is 20.0 Å². The third kappa shape index (κ3) is 10.1. The zero-order valence-electron chi connectivity index (χ0n) is 24.3. The molecule has 22 heteroatoms. The summed E-state index contributed by atoms with van der Waals surface area (Å²) in [5, 5.41) is 3.67. The fraction of sp³-hybridized carbons (Fsp3) is 0.583. The lowest BCUT2D eigenvalue weighted by Gasteiger charge is -2.16. The van der Waals surface area contributed by atoms with Crippen LogP contribution in [0.4, 0.5) is 15.4 Å². The van der Waals surface area contributed by atoms with Gasteiger partial charge >= 0.3 is 23.7 Å². The van der Waals surface area contributed by atoms with Crippen molar-refractivity contribution in [2.45, 2.75) is 43.4 Å². The highest BCUT2D eigenvalue weighted by molar-refractivity contribution is 8.76. The molecule has 2 saturated heterocycles. The number of anilines is 1. The topological polar surface area (TPSA) is 254 Å². The highest BCUT2D eigenvalue weighted by Gasteiger charge is 2.37. The second-order valence-corrected chi connectivity index (χ2v) is 13.4. The summed E-state index contributed by atoms with van der Waals surface area (Å²) in [6.45, 7) is 1.33. The van der Waals surface area contributed by atoms with E-state index in [1.807, 2.05) is 0 Å². The maximum Gasteiger partial charge on any atom is 0.508 e. The van der Waals surface area contributed by atoms with Gasteiger partial charge < -0.3 is 34.2 Å². The summed E-state index contributed by atoms with van der Waals surface area (Å²) in [6.07, 6.45) is -1.03. The molecule has 0 spiro atoms. The van der Waals surface area contributed by atoms with Gasteiger partial charge in [0, 0.05) is 46.5 Å². The first-order valence-corrected chi connectivity index (χ1v) is 17.1. The predicted octanol–water partition coefficient (Wildman–Crippen LogP) is 1.93. The molecule has 46 heavy (non-hydrogen) atoms. The number of aryl methyl sites for hydroxylation is 1. The Labute approximate surface area is 271 Å². The number of carbonyl (C=O) groups is 2. The summed E-state index contributed by atoms with van der Waals surface area (Å²) >= 11 is 1.38. The molecule has 2 aromatic rings. The van der Waals surface area contributed by atoms with Crippen LogP contribution >= 0.6 is 33.3 Å². The lowest BCUT2D eigenvalue weighted by Crippen LogP contribution is -2.33. The molecule has 0 aliphatic carbocycles. The van der Waals surface area contributed by atoms with E-state index in [1.165, 1.54) is 67.9 Å². The summed E-state index contributed by atoms with van der Waals surface area (Å²) in [6, 6.07) is 0.772. The first kappa shape index (κ1) is 35.0. The first-order valence-electron chi connectivity index (χ1n) is 13.6. The lowest BCUT2D eigenvalue weighted by atomic mass is 10.1. The molecule has 5 unspecified atom stereocenters. The van der Waals surface area contributed by atoms with Gasteiger partial charge in [0.1, 0.15) is 56.2 Å². The van der Waals surface area contributed by atoms with Gasteiger partial charge in [0.05, 0.1) is 6.04 Å². The fourth-order valence-corrected chi connectivity index (χ4v) is 6.79. The Morgan fingerprint density at radius 1 is 1.11 bits per heavy atom. The quantitative estimate of drug-likeness (QED) is 0.0712. The van der Waals surface area contributed by atoms with Crippen molar-refractivity contribution in [1.82, 2.24) is 19.1 Å². The van der Waals surface area contributed by atoms with E-state index < -0.39 is 59.3 Å². The van der Waals surface area contributed by atoms with Crippen LogP contribution in [0.5, 0.6) is 0 Å². The Morgan fingerprint density at radius 2 is 1.80 bits per heavy atom. The molecule has 3 N–H and O–H groups in total. The van der Waals surface area contributed by atoms with Crippen LogP contribution in [0.15, 0.2) is 38.0 Å². The molecule has 250 valence electrons. The van der Waals surface area contributed by atoms with Gasteiger partial charge in [-0.25, -0.2) is 19.2 Å². The number of H-pyrrole nitrogens is 1. The Balaban J connectivity index is 1.03. The minimum Gasteiger partial charge on any atom is -0.433 e. The van der Waals surface area contributed by atoms with Gasteiger partial charge in [-0.3, -0.25) is 18.9 Å². The molecule has 4 rings (SSSR count). The van der Waals surface area contributed by atoms with Gasteiger partial charge in [-0.2, -0.15) is 4.98 Å². The van der Waals surface area contributed by atoms with Crippen molar-refractivity contribution in [3.63, 3.8) is 0 Å². The zero-order valence-corrected chi connectivity index (χ0v) is 26.7. The number of nitrogens with zero attached hydrogens (tertiary/aromatic N) is 6.